The first kappa shape index (κ1) is 16.8. The highest BCUT2D eigenvalue weighted by atomic mass is 32.2. The Balaban J connectivity index is 1.83. The second-order valence-corrected chi connectivity index (χ2v) is 6.92. The molecule has 0 saturated carbocycles. The number of aromatic hydroxyl groups is 1. The van der Waals surface area contributed by atoms with Crippen LogP contribution in [0.1, 0.15) is 5.56 Å². The molecule has 6 nitrogen and oxygen atoms in total. The van der Waals surface area contributed by atoms with Gasteiger partial charge in [0.05, 0.1) is 18.2 Å². The minimum atomic E-state index is -3.81. The van der Waals surface area contributed by atoms with Crippen molar-refractivity contribution in [3.8, 4) is 11.5 Å². The van der Waals surface area contributed by atoms with Crippen molar-refractivity contribution in [3.63, 3.8) is 0 Å². The van der Waals surface area contributed by atoms with Crippen LogP contribution in [0.25, 0.3) is 10.8 Å². The lowest BCUT2D eigenvalue weighted by atomic mass is 10.1. The predicted molar refractivity (Wildman–Crippen MR) is 96.5 cm³/mol. The topological polar surface area (TPSA) is 88.0 Å². The maximum atomic E-state index is 12.4. The zero-order valence-corrected chi connectivity index (χ0v) is 14.2. The van der Waals surface area contributed by atoms with Crippen molar-refractivity contribution in [3.05, 3.63) is 66.2 Å². The van der Waals surface area contributed by atoms with E-state index in [9.17, 15) is 13.5 Å². The van der Waals surface area contributed by atoms with Crippen molar-refractivity contribution in [1.29, 1.82) is 0 Å². The third kappa shape index (κ3) is 3.56. The highest BCUT2D eigenvalue weighted by molar-refractivity contribution is 7.89. The Bertz CT molecular complexity index is 1050. The van der Waals surface area contributed by atoms with E-state index in [1.807, 2.05) is 24.3 Å². The number of rotatable bonds is 5. The lowest BCUT2D eigenvalue weighted by molar-refractivity contribution is 0.373. The van der Waals surface area contributed by atoms with Crippen LogP contribution in [0.4, 0.5) is 0 Å². The predicted octanol–water partition coefficient (Wildman–Crippen LogP) is 2.87. The number of phenolic OH excluding ortho intramolecular Hbond substituents is 1. The van der Waals surface area contributed by atoms with Crippen molar-refractivity contribution in [2.45, 2.75) is 4.90 Å². The van der Waals surface area contributed by atoms with E-state index in [1.165, 1.54) is 19.4 Å². The van der Waals surface area contributed by atoms with Gasteiger partial charge in [0.1, 0.15) is 0 Å². The zero-order valence-electron chi connectivity index (χ0n) is 13.4. The van der Waals surface area contributed by atoms with Gasteiger partial charge < -0.3 is 9.84 Å². The summed E-state index contributed by atoms with van der Waals surface area (Å²) >= 11 is 0. The van der Waals surface area contributed by atoms with Gasteiger partial charge in [-0.1, -0.05) is 36.4 Å². The number of sulfonamides is 1. The van der Waals surface area contributed by atoms with E-state index in [0.717, 1.165) is 10.8 Å². The van der Waals surface area contributed by atoms with Crippen molar-refractivity contribution >= 4 is 27.0 Å². The molecule has 0 spiro atoms. The van der Waals surface area contributed by atoms with Gasteiger partial charge in [-0.15, -0.1) is 0 Å². The molecular weight excluding hydrogens is 340 g/mol. The van der Waals surface area contributed by atoms with Crippen molar-refractivity contribution in [1.82, 2.24) is 4.83 Å². The van der Waals surface area contributed by atoms with Gasteiger partial charge >= 0.3 is 0 Å². The van der Waals surface area contributed by atoms with E-state index in [0.29, 0.717) is 5.56 Å². The van der Waals surface area contributed by atoms with Gasteiger partial charge in [0.15, 0.2) is 11.5 Å². The number of nitrogens with one attached hydrogen (secondary N) is 1. The monoisotopic (exact) mass is 356 g/mol. The van der Waals surface area contributed by atoms with E-state index in [1.54, 1.807) is 30.3 Å². The average Bonchev–Trinajstić information content (AvgIpc) is 2.62. The number of hydrogen-bond donors (Lipinski definition) is 2. The normalized spacial score (nSPS) is 11.7. The molecule has 7 heteroatoms. The standard InChI is InChI=1S/C18H16N2O4S/c1-24-17-8-4-7-15(18(17)21)12-19-20-25(22,23)16-10-9-13-5-2-3-6-14(13)11-16/h2-12,20-21H,1H3/b19-12+. The van der Waals surface area contributed by atoms with E-state index in [-0.39, 0.29) is 16.4 Å². The summed E-state index contributed by atoms with van der Waals surface area (Å²) < 4.78 is 29.7. The van der Waals surface area contributed by atoms with Gasteiger partial charge in [-0.25, -0.2) is 4.83 Å². The molecule has 0 aliphatic heterocycles. The lowest BCUT2D eigenvalue weighted by Crippen LogP contribution is -2.18. The highest BCUT2D eigenvalue weighted by Crippen LogP contribution is 2.28. The number of hydrogen-bond acceptors (Lipinski definition) is 5. The molecule has 0 bridgehead atoms. The summed E-state index contributed by atoms with van der Waals surface area (Å²) in [5.41, 5.74) is 0.334. The molecule has 0 amide bonds. The summed E-state index contributed by atoms with van der Waals surface area (Å²) in [5, 5.41) is 15.5. The number of fused-ring (bicyclic) bond motifs is 1. The molecule has 0 aromatic heterocycles. The SMILES string of the molecule is COc1cccc(/C=N/NS(=O)(=O)c2ccc3ccccc3c2)c1O. The Morgan fingerprint density at radius 3 is 2.56 bits per heavy atom. The van der Waals surface area contributed by atoms with Gasteiger partial charge in [0, 0.05) is 5.56 Å². The van der Waals surface area contributed by atoms with E-state index in [2.05, 4.69) is 9.93 Å². The van der Waals surface area contributed by atoms with Crippen LogP contribution in [0.3, 0.4) is 0 Å². The van der Waals surface area contributed by atoms with Crippen LogP contribution >= 0.6 is 0 Å². The first-order valence-electron chi connectivity index (χ1n) is 7.41. The quantitative estimate of drug-likeness (QED) is 0.543. The van der Waals surface area contributed by atoms with Crippen LogP contribution < -0.4 is 9.57 Å². The van der Waals surface area contributed by atoms with E-state index < -0.39 is 10.0 Å². The molecule has 0 aliphatic rings. The molecule has 0 radical (unpaired) electrons. The molecule has 25 heavy (non-hydrogen) atoms. The summed E-state index contributed by atoms with van der Waals surface area (Å²) in [6, 6.07) is 17.2. The highest BCUT2D eigenvalue weighted by Gasteiger charge is 2.13. The molecule has 128 valence electrons. The van der Waals surface area contributed by atoms with Crippen molar-refractivity contribution < 1.29 is 18.3 Å². The largest absolute Gasteiger partial charge is 0.504 e. The minimum Gasteiger partial charge on any atom is -0.504 e. The van der Waals surface area contributed by atoms with Gasteiger partial charge in [-0.05, 0) is 35.0 Å². The Labute approximate surface area is 145 Å². The van der Waals surface area contributed by atoms with Crippen LogP contribution in [-0.2, 0) is 10.0 Å². The summed E-state index contributed by atoms with van der Waals surface area (Å²) in [5.74, 6) is 0.167. The van der Waals surface area contributed by atoms with E-state index in [4.69, 9.17) is 4.74 Å². The number of phenols is 1. The number of ether oxygens (including phenoxy) is 1. The van der Waals surface area contributed by atoms with Crippen LogP contribution in [0, 0.1) is 0 Å². The lowest BCUT2D eigenvalue weighted by Gasteiger charge is -2.06. The van der Waals surface area contributed by atoms with Gasteiger partial charge in [-0.3, -0.25) is 0 Å². The molecule has 0 saturated heterocycles. The van der Waals surface area contributed by atoms with Gasteiger partial charge in [-0.2, -0.15) is 13.5 Å². The fourth-order valence-corrected chi connectivity index (χ4v) is 3.19. The number of para-hydroxylation sites is 1. The first-order valence-corrected chi connectivity index (χ1v) is 8.89. The maximum Gasteiger partial charge on any atom is 0.276 e. The van der Waals surface area contributed by atoms with Crippen molar-refractivity contribution in [2.24, 2.45) is 5.10 Å². The molecule has 2 N–H and O–H groups in total. The number of benzene rings is 3. The van der Waals surface area contributed by atoms with Crippen LogP contribution in [0.2, 0.25) is 0 Å². The Hall–Kier alpha value is -3.06. The van der Waals surface area contributed by atoms with Crippen LogP contribution in [0.5, 0.6) is 11.5 Å². The molecule has 0 atom stereocenters. The molecule has 3 aromatic rings. The Morgan fingerprint density at radius 2 is 1.80 bits per heavy atom. The molecule has 0 unspecified atom stereocenters. The molecule has 0 aliphatic carbocycles. The third-order valence-corrected chi connectivity index (χ3v) is 4.88. The summed E-state index contributed by atoms with van der Waals surface area (Å²) in [7, 11) is -2.38. The second kappa shape index (κ2) is 6.82. The fraction of sp³-hybridized carbons (Fsp3) is 0.0556. The summed E-state index contributed by atoms with van der Waals surface area (Å²) in [4.78, 5) is 2.25. The summed E-state index contributed by atoms with van der Waals surface area (Å²) in [6.45, 7) is 0. The molecular formula is C18H16N2O4S. The number of methoxy groups -OCH3 is 1. The smallest absolute Gasteiger partial charge is 0.276 e. The van der Waals surface area contributed by atoms with Crippen LogP contribution in [0.15, 0.2) is 70.7 Å². The molecule has 3 rings (SSSR count). The first-order chi connectivity index (χ1) is 12.0. The van der Waals surface area contributed by atoms with Gasteiger partial charge in [0.25, 0.3) is 10.0 Å². The zero-order chi connectivity index (χ0) is 17.9. The maximum absolute atomic E-state index is 12.4. The molecule has 3 aromatic carbocycles. The second-order valence-electron chi connectivity index (χ2n) is 5.26. The van der Waals surface area contributed by atoms with Crippen LogP contribution in [-0.4, -0.2) is 26.8 Å². The number of nitrogens with zero attached hydrogens (tertiary/aromatic N) is 1. The fourth-order valence-electron chi connectivity index (χ4n) is 2.36. The Kier molecular flexibility index (Phi) is 4.58. The molecule has 0 heterocycles. The Morgan fingerprint density at radius 1 is 1.04 bits per heavy atom. The van der Waals surface area contributed by atoms with Crippen molar-refractivity contribution in [2.75, 3.05) is 7.11 Å². The summed E-state index contributed by atoms with van der Waals surface area (Å²) in [6.07, 6.45) is 1.22. The average molecular weight is 356 g/mol. The van der Waals surface area contributed by atoms with E-state index >= 15 is 0 Å². The third-order valence-electron chi connectivity index (χ3n) is 3.66. The molecule has 0 fully saturated rings. The number of hydrazone groups is 1. The van der Waals surface area contributed by atoms with Gasteiger partial charge in [0.2, 0.25) is 0 Å². The minimum absolute atomic E-state index is 0.109.